The van der Waals surface area contributed by atoms with Crippen molar-refractivity contribution in [1.29, 1.82) is 0 Å². The van der Waals surface area contributed by atoms with Gasteiger partial charge in [0.15, 0.2) is 0 Å². The van der Waals surface area contributed by atoms with Gasteiger partial charge < -0.3 is 9.80 Å². The summed E-state index contributed by atoms with van der Waals surface area (Å²) in [6.07, 6.45) is 0.350. The molecule has 1 heterocycles. The molecule has 0 aliphatic carbocycles. The molecule has 0 saturated carbocycles. The van der Waals surface area contributed by atoms with Gasteiger partial charge in [-0.05, 0) is 37.6 Å². The van der Waals surface area contributed by atoms with Gasteiger partial charge in [-0.1, -0.05) is 30.3 Å². The molecule has 3 rings (SSSR count). The molecule has 2 aromatic rings. The summed E-state index contributed by atoms with van der Waals surface area (Å²) in [6.45, 7) is 4.41. The molecule has 0 radical (unpaired) electrons. The third-order valence-electron chi connectivity index (χ3n) is 3.83. The van der Waals surface area contributed by atoms with Crippen molar-refractivity contribution < 1.29 is 0 Å². The van der Waals surface area contributed by atoms with E-state index in [-0.39, 0.29) is 0 Å². The fourth-order valence-corrected chi connectivity index (χ4v) is 2.71. The number of aryl methyl sites for hydroxylation is 1. The Morgan fingerprint density at radius 3 is 2.06 bits per heavy atom. The molecule has 0 saturated heterocycles. The van der Waals surface area contributed by atoms with Crippen LogP contribution in [-0.2, 0) is 0 Å². The molecular formula is C16H18N2. The fourth-order valence-electron chi connectivity index (χ4n) is 2.71. The Hall–Kier alpha value is -1.96. The van der Waals surface area contributed by atoms with E-state index in [2.05, 4.69) is 79.2 Å². The lowest BCUT2D eigenvalue weighted by Gasteiger charge is -2.28. The quantitative estimate of drug-likeness (QED) is 0.742. The lowest BCUT2D eigenvalue weighted by atomic mass is 10.1. The van der Waals surface area contributed by atoms with Gasteiger partial charge in [0, 0.05) is 12.7 Å². The van der Waals surface area contributed by atoms with Gasteiger partial charge >= 0.3 is 0 Å². The first-order valence-corrected chi connectivity index (χ1v) is 6.37. The minimum atomic E-state index is 0.350. The van der Waals surface area contributed by atoms with Crippen LogP contribution in [0, 0.1) is 6.92 Å². The van der Waals surface area contributed by atoms with E-state index in [0.717, 1.165) is 0 Å². The summed E-state index contributed by atoms with van der Waals surface area (Å²) >= 11 is 0. The van der Waals surface area contributed by atoms with Crippen LogP contribution in [0.25, 0.3) is 0 Å². The Balaban J connectivity index is 2.16. The van der Waals surface area contributed by atoms with Crippen LogP contribution >= 0.6 is 0 Å². The van der Waals surface area contributed by atoms with Crippen molar-refractivity contribution in [3.05, 3.63) is 54.1 Å². The van der Waals surface area contributed by atoms with Gasteiger partial charge in [0.25, 0.3) is 0 Å². The molecule has 18 heavy (non-hydrogen) atoms. The van der Waals surface area contributed by atoms with Crippen molar-refractivity contribution in [2.45, 2.75) is 20.0 Å². The molecule has 1 aliphatic heterocycles. The van der Waals surface area contributed by atoms with Crippen LogP contribution in [-0.4, -0.2) is 13.2 Å². The zero-order valence-corrected chi connectivity index (χ0v) is 11.1. The number of anilines is 3. The number of para-hydroxylation sites is 3. The summed E-state index contributed by atoms with van der Waals surface area (Å²) in [6, 6.07) is 17.2. The Labute approximate surface area is 108 Å². The molecule has 92 valence electrons. The second-order valence-electron chi connectivity index (χ2n) is 4.89. The first kappa shape index (κ1) is 11.1. The third kappa shape index (κ3) is 1.49. The molecule has 2 heteroatoms. The summed E-state index contributed by atoms with van der Waals surface area (Å²) in [5.74, 6) is 0. The summed E-state index contributed by atoms with van der Waals surface area (Å²) in [7, 11) is 2.15. The molecule has 0 N–H and O–H groups in total. The highest BCUT2D eigenvalue weighted by Crippen LogP contribution is 2.43. The maximum absolute atomic E-state index is 2.41. The molecule has 0 unspecified atom stereocenters. The van der Waals surface area contributed by atoms with Crippen molar-refractivity contribution in [2.75, 3.05) is 16.8 Å². The number of benzene rings is 2. The second-order valence-corrected chi connectivity index (χ2v) is 4.89. The topological polar surface area (TPSA) is 6.48 Å². The average Bonchev–Trinajstić information content (AvgIpc) is 2.64. The first-order chi connectivity index (χ1) is 8.70. The van der Waals surface area contributed by atoms with E-state index in [1.165, 1.54) is 22.6 Å². The molecule has 2 nitrogen and oxygen atoms in total. The van der Waals surface area contributed by atoms with Crippen molar-refractivity contribution >= 4 is 17.1 Å². The maximum atomic E-state index is 2.41. The number of rotatable bonds is 1. The van der Waals surface area contributed by atoms with E-state index in [4.69, 9.17) is 0 Å². The molecular weight excluding hydrogens is 220 g/mol. The molecule has 0 spiro atoms. The van der Waals surface area contributed by atoms with Crippen molar-refractivity contribution in [1.82, 2.24) is 0 Å². The summed E-state index contributed by atoms with van der Waals surface area (Å²) < 4.78 is 0. The van der Waals surface area contributed by atoms with E-state index >= 15 is 0 Å². The number of hydrogen-bond donors (Lipinski definition) is 0. The van der Waals surface area contributed by atoms with Gasteiger partial charge in [-0.15, -0.1) is 0 Å². The van der Waals surface area contributed by atoms with E-state index in [9.17, 15) is 0 Å². The second kappa shape index (κ2) is 4.05. The van der Waals surface area contributed by atoms with Crippen molar-refractivity contribution in [3.8, 4) is 0 Å². The Bertz CT molecular complexity index is 577. The van der Waals surface area contributed by atoms with Gasteiger partial charge in [0.2, 0.25) is 0 Å². The van der Waals surface area contributed by atoms with E-state index in [1.54, 1.807) is 0 Å². The summed E-state index contributed by atoms with van der Waals surface area (Å²) in [5, 5.41) is 0. The van der Waals surface area contributed by atoms with Gasteiger partial charge in [-0.2, -0.15) is 0 Å². The smallest absolute Gasteiger partial charge is 0.103 e. The molecule has 1 atom stereocenters. The molecule has 0 bridgehead atoms. The Morgan fingerprint density at radius 2 is 1.39 bits per heavy atom. The predicted molar refractivity (Wildman–Crippen MR) is 77.6 cm³/mol. The third-order valence-corrected chi connectivity index (χ3v) is 3.83. The monoisotopic (exact) mass is 238 g/mol. The van der Waals surface area contributed by atoms with Crippen LogP contribution in [0.4, 0.5) is 17.1 Å². The zero-order valence-electron chi connectivity index (χ0n) is 11.1. The van der Waals surface area contributed by atoms with Gasteiger partial charge in [-0.3, -0.25) is 0 Å². The average molecular weight is 238 g/mol. The molecule has 2 aromatic carbocycles. The lowest BCUT2D eigenvalue weighted by molar-refractivity contribution is 0.732. The predicted octanol–water partition coefficient (Wildman–Crippen LogP) is 3.93. The highest BCUT2D eigenvalue weighted by atomic mass is 15.4. The molecule has 1 aliphatic rings. The van der Waals surface area contributed by atoms with Crippen LogP contribution < -0.4 is 9.80 Å². The molecule has 0 fully saturated rings. The standard InChI is InChI=1S/C16H18N2/c1-12-8-4-5-9-14(12)18-13(2)17(3)15-10-6-7-11-16(15)18/h4-11,13H,1-3H3/t13-/m1/s1. The van der Waals surface area contributed by atoms with Gasteiger partial charge in [0.1, 0.15) is 6.17 Å². The summed E-state index contributed by atoms with van der Waals surface area (Å²) in [5.41, 5.74) is 5.20. The number of nitrogens with zero attached hydrogens (tertiary/aromatic N) is 2. The maximum Gasteiger partial charge on any atom is 0.103 e. The van der Waals surface area contributed by atoms with E-state index in [0.29, 0.717) is 6.17 Å². The largest absolute Gasteiger partial charge is 0.353 e. The van der Waals surface area contributed by atoms with Gasteiger partial charge in [-0.25, -0.2) is 0 Å². The Kier molecular flexibility index (Phi) is 2.51. The zero-order chi connectivity index (χ0) is 12.7. The van der Waals surface area contributed by atoms with Crippen LogP contribution in [0.2, 0.25) is 0 Å². The fraction of sp³-hybridized carbons (Fsp3) is 0.250. The van der Waals surface area contributed by atoms with E-state index in [1.807, 2.05) is 0 Å². The van der Waals surface area contributed by atoms with Crippen LogP contribution in [0.1, 0.15) is 12.5 Å². The van der Waals surface area contributed by atoms with Crippen LogP contribution in [0.3, 0.4) is 0 Å². The number of hydrogen-bond acceptors (Lipinski definition) is 2. The van der Waals surface area contributed by atoms with Crippen molar-refractivity contribution in [2.24, 2.45) is 0 Å². The van der Waals surface area contributed by atoms with E-state index < -0.39 is 0 Å². The SMILES string of the molecule is Cc1ccccc1N1c2ccccc2N(C)[C@H]1C. The highest BCUT2D eigenvalue weighted by Gasteiger charge is 2.31. The van der Waals surface area contributed by atoms with Gasteiger partial charge in [0.05, 0.1) is 11.4 Å². The normalized spacial score (nSPS) is 18.1. The minimum absolute atomic E-state index is 0.350. The van der Waals surface area contributed by atoms with Crippen molar-refractivity contribution in [3.63, 3.8) is 0 Å². The number of fused-ring (bicyclic) bond motifs is 1. The highest BCUT2D eigenvalue weighted by molar-refractivity contribution is 5.84. The Morgan fingerprint density at radius 1 is 0.833 bits per heavy atom. The first-order valence-electron chi connectivity index (χ1n) is 6.37. The minimum Gasteiger partial charge on any atom is -0.353 e. The molecule has 0 amide bonds. The molecule has 0 aromatic heterocycles. The van der Waals surface area contributed by atoms with Crippen LogP contribution in [0.5, 0.6) is 0 Å². The lowest BCUT2D eigenvalue weighted by Crippen LogP contribution is -2.35. The van der Waals surface area contributed by atoms with Crippen LogP contribution in [0.15, 0.2) is 48.5 Å². The summed E-state index contributed by atoms with van der Waals surface area (Å²) in [4.78, 5) is 4.73.